The van der Waals surface area contributed by atoms with Gasteiger partial charge in [0.1, 0.15) is 0 Å². The molecule has 0 radical (unpaired) electrons. The fraction of sp³-hybridized carbons (Fsp3) is 0.611. The highest BCUT2D eigenvalue weighted by Gasteiger charge is 2.26. The summed E-state index contributed by atoms with van der Waals surface area (Å²) in [6.45, 7) is 12.8. The van der Waals surface area contributed by atoms with Gasteiger partial charge in [0.05, 0.1) is 0 Å². The van der Waals surface area contributed by atoms with Gasteiger partial charge in [0.2, 0.25) is 0 Å². The summed E-state index contributed by atoms with van der Waals surface area (Å²) in [5.74, 6) is 1.40. The molecule has 0 bridgehead atoms. The Hall–Kier alpha value is -1.31. The minimum absolute atomic E-state index is 0.135. The summed E-state index contributed by atoms with van der Waals surface area (Å²) in [6.07, 6.45) is 1.23. The van der Waals surface area contributed by atoms with Crippen LogP contribution in [0.4, 0.5) is 0 Å². The molecule has 0 saturated carbocycles. The van der Waals surface area contributed by atoms with Gasteiger partial charge in [-0.05, 0) is 41.4 Å². The number of hydrogen-bond acceptors (Lipinski definition) is 1. The molecular formula is C18H27NO. The van der Waals surface area contributed by atoms with Crippen molar-refractivity contribution in [2.24, 2.45) is 11.8 Å². The fourth-order valence-corrected chi connectivity index (χ4v) is 3.12. The number of rotatable bonds is 1. The van der Waals surface area contributed by atoms with Crippen LogP contribution in [0.1, 0.15) is 57.0 Å². The summed E-state index contributed by atoms with van der Waals surface area (Å²) in [6, 6.07) is 8.13. The SMILES string of the molecule is C[C@@H]1C[C@@H](C)CN(C(=O)c2ccc(C(C)(C)C)cc2)C1. The molecule has 2 rings (SSSR count). The van der Waals surface area contributed by atoms with Gasteiger partial charge < -0.3 is 4.90 Å². The first-order valence-electron chi connectivity index (χ1n) is 7.67. The van der Waals surface area contributed by atoms with Crippen LogP contribution >= 0.6 is 0 Å². The standard InChI is InChI=1S/C18H27NO/c1-13-10-14(2)12-19(11-13)17(20)15-6-8-16(9-7-15)18(3,4)5/h6-9,13-14H,10-12H2,1-5H3/t13-,14-/m1/s1. The van der Waals surface area contributed by atoms with Crippen molar-refractivity contribution in [1.82, 2.24) is 4.90 Å². The summed E-state index contributed by atoms with van der Waals surface area (Å²) in [5, 5.41) is 0. The van der Waals surface area contributed by atoms with E-state index in [2.05, 4.69) is 46.8 Å². The van der Waals surface area contributed by atoms with Crippen molar-refractivity contribution >= 4 is 5.91 Å². The van der Waals surface area contributed by atoms with Crippen LogP contribution in [0.3, 0.4) is 0 Å². The second-order valence-electron chi connectivity index (χ2n) is 7.48. The number of piperidine rings is 1. The van der Waals surface area contributed by atoms with Gasteiger partial charge in [0.25, 0.3) is 5.91 Å². The predicted octanol–water partition coefficient (Wildman–Crippen LogP) is 4.10. The predicted molar refractivity (Wildman–Crippen MR) is 84.0 cm³/mol. The van der Waals surface area contributed by atoms with Crippen LogP contribution in [0, 0.1) is 11.8 Å². The zero-order valence-corrected chi connectivity index (χ0v) is 13.4. The van der Waals surface area contributed by atoms with Gasteiger partial charge in [-0.15, -0.1) is 0 Å². The van der Waals surface area contributed by atoms with Gasteiger partial charge in [-0.2, -0.15) is 0 Å². The van der Waals surface area contributed by atoms with Crippen LogP contribution in [0.15, 0.2) is 24.3 Å². The quantitative estimate of drug-likeness (QED) is 0.754. The molecule has 20 heavy (non-hydrogen) atoms. The largest absolute Gasteiger partial charge is 0.338 e. The molecule has 0 aliphatic carbocycles. The second kappa shape index (κ2) is 5.59. The Kier molecular flexibility index (Phi) is 4.22. The molecule has 1 aliphatic rings. The van der Waals surface area contributed by atoms with Gasteiger partial charge in [-0.25, -0.2) is 0 Å². The first-order chi connectivity index (χ1) is 9.27. The van der Waals surface area contributed by atoms with Crippen molar-refractivity contribution in [1.29, 1.82) is 0 Å². The number of carbonyl (C=O) groups is 1. The number of nitrogens with zero attached hydrogens (tertiary/aromatic N) is 1. The molecule has 1 aromatic carbocycles. The second-order valence-corrected chi connectivity index (χ2v) is 7.48. The summed E-state index contributed by atoms with van der Waals surface area (Å²) < 4.78 is 0. The van der Waals surface area contributed by atoms with Crippen molar-refractivity contribution in [3.63, 3.8) is 0 Å². The van der Waals surface area contributed by atoms with E-state index in [0.717, 1.165) is 18.7 Å². The molecular weight excluding hydrogens is 246 g/mol. The Morgan fingerprint density at radius 1 is 1.05 bits per heavy atom. The normalized spacial score (nSPS) is 23.8. The first-order valence-corrected chi connectivity index (χ1v) is 7.67. The van der Waals surface area contributed by atoms with E-state index in [-0.39, 0.29) is 11.3 Å². The highest BCUT2D eigenvalue weighted by atomic mass is 16.2. The van der Waals surface area contributed by atoms with Gasteiger partial charge in [-0.3, -0.25) is 4.79 Å². The molecule has 1 amide bonds. The lowest BCUT2D eigenvalue weighted by Crippen LogP contribution is -2.42. The highest BCUT2D eigenvalue weighted by Crippen LogP contribution is 2.25. The lowest BCUT2D eigenvalue weighted by molar-refractivity contribution is 0.0623. The van der Waals surface area contributed by atoms with E-state index in [4.69, 9.17) is 0 Å². The van der Waals surface area contributed by atoms with Gasteiger partial charge in [0.15, 0.2) is 0 Å². The fourth-order valence-electron chi connectivity index (χ4n) is 3.12. The average Bonchev–Trinajstić information content (AvgIpc) is 2.36. The Bertz CT molecular complexity index is 459. The summed E-state index contributed by atoms with van der Waals surface area (Å²) in [7, 11) is 0. The van der Waals surface area contributed by atoms with Crippen LogP contribution in [-0.2, 0) is 5.41 Å². The number of benzene rings is 1. The third-order valence-electron chi connectivity index (χ3n) is 4.15. The summed E-state index contributed by atoms with van der Waals surface area (Å²) in [4.78, 5) is 14.6. The van der Waals surface area contributed by atoms with E-state index in [9.17, 15) is 4.79 Å². The monoisotopic (exact) mass is 273 g/mol. The molecule has 2 atom stereocenters. The molecule has 0 N–H and O–H groups in total. The van der Waals surface area contributed by atoms with E-state index < -0.39 is 0 Å². The van der Waals surface area contributed by atoms with E-state index in [0.29, 0.717) is 11.8 Å². The Morgan fingerprint density at radius 2 is 1.55 bits per heavy atom. The molecule has 2 nitrogen and oxygen atoms in total. The number of hydrogen-bond donors (Lipinski definition) is 0. The van der Waals surface area contributed by atoms with E-state index >= 15 is 0 Å². The molecule has 110 valence electrons. The number of carbonyl (C=O) groups excluding carboxylic acids is 1. The van der Waals surface area contributed by atoms with E-state index in [1.54, 1.807) is 0 Å². The van der Waals surface area contributed by atoms with Crippen molar-refractivity contribution in [2.75, 3.05) is 13.1 Å². The Morgan fingerprint density at radius 3 is 2.00 bits per heavy atom. The van der Waals surface area contributed by atoms with Gasteiger partial charge >= 0.3 is 0 Å². The van der Waals surface area contributed by atoms with Crippen molar-refractivity contribution in [2.45, 2.75) is 46.5 Å². The van der Waals surface area contributed by atoms with Crippen LogP contribution in [-0.4, -0.2) is 23.9 Å². The van der Waals surface area contributed by atoms with E-state index in [1.165, 1.54) is 12.0 Å². The lowest BCUT2D eigenvalue weighted by Gasteiger charge is -2.35. The maximum absolute atomic E-state index is 12.6. The minimum atomic E-state index is 0.135. The number of likely N-dealkylation sites (tertiary alicyclic amines) is 1. The highest BCUT2D eigenvalue weighted by molar-refractivity contribution is 5.94. The van der Waals surface area contributed by atoms with Crippen molar-refractivity contribution in [3.8, 4) is 0 Å². The molecule has 1 saturated heterocycles. The van der Waals surface area contributed by atoms with Crippen LogP contribution in [0.25, 0.3) is 0 Å². The maximum Gasteiger partial charge on any atom is 0.253 e. The third-order valence-corrected chi connectivity index (χ3v) is 4.15. The Labute approximate surface area is 123 Å². The molecule has 0 unspecified atom stereocenters. The maximum atomic E-state index is 12.6. The Balaban J connectivity index is 2.13. The zero-order chi connectivity index (χ0) is 14.9. The molecule has 1 aliphatic heterocycles. The summed E-state index contributed by atoms with van der Waals surface area (Å²) in [5.41, 5.74) is 2.23. The lowest BCUT2D eigenvalue weighted by atomic mass is 9.86. The van der Waals surface area contributed by atoms with E-state index in [1.807, 2.05) is 17.0 Å². The van der Waals surface area contributed by atoms with Crippen molar-refractivity contribution in [3.05, 3.63) is 35.4 Å². The molecule has 0 spiro atoms. The molecule has 2 heteroatoms. The first kappa shape index (κ1) is 15.1. The number of amides is 1. The zero-order valence-electron chi connectivity index (χ0n) is 13.4. The molecule has 1 aromatic rings. The third kappa shape index (κ3) is 3.41. The molecule has 1 heterocycles. The smallest absolute Gasteiger partial charge is 0.253 e. The summed E-state index contributed by atoms with van der Waals surface area (Å²) >= 11 is 0. The van der Waals surface area contributed by atoms with Crippen LogP contribution in [0.5, 0.6) is 0 Å². The van der Waals surface area contributed by atoms with Gasteiger partial charge in [-0.1, -0.05) is 46.8 Å². The van der Waals surface area contributed by atoms with Crippen LogP contribution < -0.4 is 0 Å². The van der Waals surface area contributed by atoms with Crippen molar-refractivity contribution < 1.29 is 4.79 Å². The minimum Gasteiger partial charge on any atom is -0.338 e. The topological polar surface area (TPSA) is 20.3 Å². The molecule has 0 aromatic heterocycles. The van der Waals surface area contributed by atoms with Crippen LogP contribution in [0.2, 0.25) is 0 Å². The van der Waals surface area contributed by atoms with Gasteiger partial charge in [0, 0.05) is 18.7 Å². The average molecular weight is 273 g/mol. The molecule has 1 fully saturated rings.